The average Bonchev–Trinajstić information content (AvgIpc) is 3.30. The lowest BCUT2D eigenvalue weighted by Crippen LogP contribution is -2.23. The van der Waals surface area contributed by atoms with E-state index in [1.54, 1.807) is 18.3 Å². The minimum atomic E-state index is -0.376. The molecule has 156 valence electrons. The number of nitrogens with zero attached hydrogens (tertiary/aromatic N) is 3. The van der Waals surface area contributed by atoms with Crippen molar-refractivity contribution in [2.75, 3.05) is 17.3 Å². The van der Waals surface area contributed by atoms with Crippen LogP contribution in [0, 0.1) is 11.3 Å². The molecule has 5 heteroatoms. The first kappa shape index (κ1) is 20.6. The van der Waals surface area contributed by atoms with Gasteiger partial charge >= 0.3 is 0 Å². The van der Waals surface area contributed by atoms with Crippen LogP contribution < -0.4 is 10.2 Å². The minimum Gasteiger partial charge on any atom is -0.355 e. The fourth-order valence-electron chi connectivity index (χ4n) is 4.33. The van der Waals surface area contributed by atoms with Crippen LogP contribution >= 0.6 is 0 Å². The van der Waals surface area contributed by atoms with Gasteiger partial charge in [-0.1, -0.05) is 55.3 Å². The Morgan fingerprint density at radius 1 is 1.06 bits per heavy atom. The highest BCUT2D eigenvalue weighted by molar-refractivity contribution is 6.07. The van der Waals surface area contributed by atoms with E-state index in [0.717, 1.165) is 36.8 Å². The number of hydrogen-bond acceptors (Lipinski definition) is 4. The van der Waals surface area contributed by atoms with E-state index in [9.17, 15) is 10.1 Å². The number of amides is 1. The van der Waals surface area contributed by atoms with Crippen molar-refractivity contribution in [3.63, 3.8) is 0 Å². The lowest BCUT2D eigenvalue weighted by atomic mass is 9.80. The normalized spacial score (nSPS) is 14.6. The zero-order chi connectivity index (χ0) is 21.7. The monoisotopic (exact) mass is 410 g/mol. The van der Waals surface area contributed by atoms with E-state index in [4.69, 9.17) is 0 Å². The van der Waals surface area contributed by atoms with Crippen LogP contribution in [0.2, 0.25) is 0 Å². The Bertz CT molecular complexity index is 1080. The molecule has 31 heavy (non-hydrogen) atoms. The summed E-state index contributed by atoms with van der Waals surface area (Å²) >= 11 is 0. The Hall–Kier alpha value is -3.65. The van der Waals surface area contributed by atoms with Gasteiger partial charge in [0.25, 0.3) is 5.91 Å². The molecule has 4 rings (SSSR count). The van der Waals surface area contributed by atoms with Gasteiger partial charge in [-0.15, -0.1) is 0 Å². The van der Waals surface area contributed by atoms with Gasteiger partial charge in [-0.3, -0.25) is 4.79 Å². The van der Waals surface area contributed by atoms with Crippen LogP contribution in [0.25, 0.3) is 0 Å². The lowest BCUT2D eigenvalue weighted by molar-refractivity contribution is 0.102. The second kappa shape index (κ2) is 9.01. The number of pyridine rings is 1. The number of carbonyl (C=O) groups excluding carboxylic acids is 1. The average molecular weight is 411 g/mol. The number of anilines is 2. The molecular weight excluding hydrogens is 384 g/mol. The third kappa shape index (κ3) is 4.44. The number of nitrogens with one attached hydrogen (secondary N) is 1. The van der Waals surface area contributed by atoms with Gasteiger partial charge in [0.1, 0.15) is 5.82 Å². The molecular formula is C26H26N4O. The first-order chi connectivity index (χ1) is 15.1. The summed E-state index contributed by atoms with van der Waals surface area (Å²) in [4.78, 5) is 19.5. The van der Waals surface area contributed by atoms with Crippen molar-refractivity contribution in [1.29, 1.82) is 5.26 Å². The molecule has 2 aromatic carbocycles. The van der Waals surface area contributed by atoms with E-state index < -0.39 is 0 Å². The molecule has 1 aliphatic rings. The predicted molar refractivity (Wildman–Crippen MR) is 123 cm³/mol. The van der Waals surface area contributed by atoms with E-state index in [1.165, 1.54) is 0 Å². The Kier molecular flexibility index (Phi) is 5.99. The highest BCUT2D eigenvalue weighted by Crippen LogP contribution is 2.40. The summed E-state index contributed by atoms with van der Waals surface area (Å²) in [6.45, 7) is 0.656. The molecule has 1 aromatic heterocycles. The van der Waals surface area contributed by atoms with Crippen LogP contribution in [0.4, 0.5) is 11.5 Å². The Morgan fingerprint density at radius 3 is 2.45 bits per heavy atom. The Labute approximate surface area is 183 Å². The number of rotatable bonds is 6. The highest BCUT2D eigenvalue weighted by atomic mass is 16.1. The summed E-state index contributed by atoms with van der Waals surface area (Å²) in [6, 6.07) is 23.9. The zero-order valence-electron chi connectivity index (χ0n) is 17.7. The largest absolute Gasteiger partial charge is 0.355 e. The Balaban J connectivity index is 1.50. The topological polar surface area (TPSA) is 69.0 Å². The molecule has 0 aliphatic heterocycles. The summed E-state index contributed by atoms with van der Waals surface area (Å²) in [7, 11) is 1.93. The van der Waals surface area contributed by atoms with E-state index in [2.05, 4.69) is 28.5 Å². The van der Waals surface area contributed by atoms with Crippen molar-refractivity contribution in [2.45, 2.75) is 37.6 Å². The molecule has 0 unspecified atom stereocenters. The maximum atomic E-state index is 13.0. The fourth-order valence-corrected chi connectivity index (χ4v) is 4.33. The second-order valence-corrected chi connectivity index (χ2v) is 8.15. The zero-order valence-corrected chi connectivity index (χ0v) is 17.7. The fraction of sp³-hybridized carbons (Fsp3) is 0.269. The smallest absolute Gasteiger partial charge is 0.259 e. The minimum absolute atomic E-state index is 0.202. The molecule has 1 N–H and O–H groups in total. The molecule has 0 radical (unpaired) electrons. The van der Waals surface area contributed by atoms with Gasteiger partial charge in [-0.25, -0.2) is 4.98 Å². The molecule has 1 fully saturated rings. The molecule has 1 heterocycles. The molecule has 1 saturated carbocycles. The summed E-state index contributed by atoms with van der Waals surface area (Å²) in [5.41, 5.74) is 3.04. The Morgan fingerprint density at radius 2 is 1.77 bits per heavy atom. The van der Waals surface area contributed by atoms with Crippen molar-refractivity contribution in [1.82, 2.24) is 4.98 Å². The molecule has 0 bridgehead atoms. The standard InChI is InChI=1S/C26H26N4O/c1-30(18-20-8-3-2-4-9-20)24-23(10-7-17-28-24)25(31)29-22-13-11-21(12-14-22)26(19-27)15-5-6-16-26/h2-4,7-14,17H,5-6,15-16,18H2,1H3,(H,29,31). The van der Waals surface area contributed by atoms with Gasteiger partial charge in [-0.05, 0) is 48.2 Å². The predicted octanol–water partition coefficient (Wildman–Crippen LogP) is 5.31. The third-order valence-electron chi connectivity index (χ3n) is 6.02. The van der Waals surface area contributed by atoms with Crippen molar-refractivity contribution in [2.24, 2.45) is 0 Å². The maximum Gasteiger partial charge on any atom is 0.259 e. The molecule has 5 nitrogen and oxygen atoms in total. The lowest BCUT2D eigenvalue weighted by Gasteiger charge is -2.22. The van der Waals surface area contributed by atoms with E-state index in [-0.39, 0.29) is 11.3 Å². The highest BCUT2D eigenvalue weighted by Gasteiger charge is 2.35. The number of carbonyl (C=O) groups is 1. The molecule has 1 aliphatic carbocycles. The van der Waals surface area contributed by atoms with Crippen LogP contribution in [0.15, 0.2) is 72.9 Å². The van der Waals surface area contributed by atoms with E-state index >= 15 is 0 Å². The molecule has 1 amide bonds. The van der Waals surface area contributed by atoms with E-state index in [0.29, 0.717) is 23.6 Å². The first-order valence-electron chi connectivity index (χ1n) is 10.6. The van der Waals surface area contributed by atoms with Crippen LogP contribution in [0.5, 0.6) is 0 Å². The summed E-state index contributed by atoms with van der Waals surface area (Å²) in [5.74, 6) is 0.432. The number of aromatic nitrogens is 1. The van der Waals surface area contributed by atoms with Crippen LogP contribution in [0.3, 0.4) is 0 Å². The van der Waals surface area contributed by atoms with Crippen molar-refractivity contribution >= 4 is 17.4 Å². The van der Waals surface area contributed by atoms with Crippen LogP contribution in [-0.4, -0.2) is 17.9 Å². The number of hydrogen-bond donors (Lipinski definition) is 1. The summed E-state index contributed by atoms with van der Waals surface area (Å²) < 4.78 is 0. The van der Waals surface area contributed by atoms with Crippen molar-refractivity contribution in [3.05, 3.63) is 89.6 Å². The van der Waals surface area contributed by atoms with Gasteiger partial charge in [0.05, 0.1) is 17.0 Å². The van der Waals surface area contributed by atoms with Gasteiger partial charge in [-0.2, -0.15) is 5.26 Å². The first-order valence-corrected chi connectivity index (χ1v) is 10.6. The number of nitriles is 1. The van der Waals surface area contributed by atoms with Gasteiger partial charge in [0.2, 0.25) is 0 Å². The van der Waals surface area contributed by atoms with Gasteiger partial charge in [0, 0.05) is 25.5 Å². The number of benzene rings is 2. The molecule has 0 atom stereocenters. The summed E-state index contributed by atoms with van der Waals surface area (Å²) in [5, 5.41) is 12.7. The van der Waals surface area contributed by atoms with Crippen LogP contribution in [-0.2, 0) is 12.0 Å². The molecule has 0 spiro atoms. The summed E-state index contributed by atoms with van der Waals surface area (Å²) in [6.07, 6.45) is 5.69. The quantitative estimate of drug-likeness (QED) is 0.598. The van der Waals surface area contributed by atoms with Gasteiger partial charge < -0.3 is 10.2 Å². The molecule has 0 saturated heterocycles. The molecule has 3 aromatic rings. The van der Waals surface area contributed by atoms with Crippen LogP contribution in [0.1, 0.15) is 47.2 Å². The second-order valence-electron chi connectivity index (χ2n) is 8.15. The van der Waals surface area contributed by atoms with E-state index in [1.807, 2.05) is 54.4 Å². The SMILES string of the molecule is CN(Cc1ccccc1)c1ncccc1C(=O)Nc1ccc(C2(C#N)CCCC2)cc1. The van der Waals surface area contributed by atoms with Crippen molar-refractivity contribution < 1.29 is 4.79 Å². The third-order valence-corrected chi connectivity index (χ3v) is 6.02. The maximum absolute atomic E-state index is 13.0. The van der Waals surface area contributed by atoms with Crippen molar-refractivity contribution in [3.8, 4) is 6.07 Å². The van der Waals surface area contributed by atoms with Gasteiger partial charge in [0.15, 0.2) is 0 Å².